The first-order valence-corrected chi connectivity index (χ1v) is 7.98. The van der Waals surface area contributed by atoms with E-state index in [4.69, 9.17) is 32.7 Å². The van der Waals surface area contributed by atoms with Gasteiger partial charge in [-0.1, -0.05) is 23.2 Å². The molecule has 0 aromatic heterocycles. The second kappa shape index (κ2) is 8.48. The Hall–Kier alpha value is -2.88. The highest BCUT2D eigenvalue weighted by Gasteiger charge is 2.13. The summed E-state index contributed by atoms with van der Waals surface area (Å²) in [5.41, 5.74) is 0.660. The van der Waals surface area contributed by atoms with Crippen LogP contribution in [0.2, 0.25) is 10.0 Å². The SMILES string of the molecule is COc1ccc(NC(=O)/C(C#N)=C/c2cc(Cl)c(O)c(OC)c2)cc1Cl. The molecule has 2 rings (SSSR count). The van der Waals surface area contributed by atoms with Gasteiger partial charge in [-0.15, -0.1) is 0 Å². The molecule has 6 nitrogen and oxygen atoms in total. The zero-order valence-corrected chi connectivity index (χ0v) is 15.4. The summed E-state index contributed by atoms with van der Waals surface area (Å²) in [5.74, 6) is -0.256. The molecule has 2 aromatic carbocycles. The molecule has 26 heavy (non-hydrogen) atoms. The monoisotopic (exact) mass is 392 g/mol. The molecular weight excluding hydrogens is 379 g/mol. The summed E-state index contributed by atoms with van der Waals surface area (Å²) >= 11 is 11.9. The number of hydrogen-bond acceptors (Lipinski definition) is 5. The highest BCUT2D eigenvalue weighted by atomic mass is 35.5. The third kappa shape index (κ3) is 4.39. The largest absolute Gasteiger partial charge is 0.503 e. The minimum atomic E-state index is -0.628. The Kier molecular flexibility index (Phi) is 6.34. The van der Waals surface area contributed by atoms with E-state index in [1.54, 1.807) is 12.1 Å². The molecular formula is C18H14Cl2N2O4. The number of hydrogen-bond donors (Lipinski definition) is 2. The van der Waals surface area contributed by atoms with Crippen molar-refractivity contribution in [1.29, 1.82) is 5.26 Å². The van der Waals surface area contributed by atoms with E-state index in [2.05, 4.69) is 5.32 Å². The first-order valence-electron chi connectivity index (χ1n) is 7.22. The van der Waals surface area contributed by atoms with E-state index in [9.17, 15) is 15.2 Å². The van der Waals surface area contributed by atoms with Crippen LogP contribution in [0.15, 0.2) is 35.9 Å². The zero-order valence-electron chi connectivity index (χ0n) is 13.8. The van der Waals surface area contributed by atoms with Crippen molar-refractivity contribution >= 4 is 40.9 Å². The Morgan fingerprint density at radius 2 is 1.85 bits per heavy atom. The van der Waals surface area contributed by atoms with Crippen LogP contribution < -0.4 is 14.8 Å². The van der Waals surface area contributed by atoms with Crippen molar-refractivity contribution in [3.63, 3.8) is 0 Å². The number of ether oxygens (including phenoxy) is 2. The van der Waals surface area contributed by atoms with Crippen molar-refractivity contribution in [2.45, 2.75) is 0 Å². The molecule has 0 fully saturated rings. The van der Waals surface area contributed by atoms with Gasteiger partial charge in [0.05, 0.1) is 24.3 Å². The third-order valence-corrected chi connectivity index (χ3v) is 3.94. The van der Waals surface area contributed by atoms with E-state index in [-0.39, 0.29) is 22.1 Å². The van der Waals surface area contributed by atoms with Crippen LogP contribution in [0.25, 0.3) is 6.08 Å². The van der Waals surface area contributed by atoms with Gasteiger partial charge >= 0.3 is 0 Å². The number of methoxy groups -OCH3 is 2. The number of carbonyl (C=O) groups is 1. The Labute approximate surface area is 160 Å². The number of nitrogens with zero attached hydrogens (tertiary/aromatic N) is 1. The first-order chi connectivity index (χ1) is 12.4. The van der Waals surface area contributed by atoms with Gasteiger partial charge in [0.1, 0.15) is 17.4 Å². The summed E-state index contributed by atoms with van der Waals surface area (Å²) in [4.78, 5) is 12.3. The number of aromatic hydroxyl groups is 1. The van der Waals surface area contributed by atoms with Crippen LogP contribution in [0.3, 0.4) is 0 Å². The fourth-order valence-corrected chi connectivity index (χ4v) is 2.57. The summed E-state index contributed by atoms with van der Waals surface area (Å²) in [6, 6.07) is 9.39. The van der Waals surface area contributed by atoms with E-state index in [1.165, 1.54) is 38.5 Å². The Bertz CT molecular complexity index is 920. The minimum Gasteiger partial charge on any atom is -0.503 e. The Balaban J connectivity index is 2.29. The molecule has 0 unspecified atom stereocenters. The number of amides is 1. The predicted molar refractivity (Wildman–Crippen MR) is 99.9 cm³/mol. The molecule has 0 radical (unpaired) electrons. The van der Waals surface area contributed by atoms with Crippen LogP contribution in [0.5, 0.6) is 17.2 Å². The van der Waals surface area contributed by atoms with Crippen molar-refractivity contribution in [2.75, 3.05) is 19.5 Å². The van der Waals surface area contributed by atoms with Gasteiger partial charge in [-0.25, -0.2) is 0 Å². The number of phenols is 1. The molecule has 0 aliphatic carbocycles. The molecule has 0 atom stereocenters. The summed E-state index contributed by atoms with van der Waals surface area (Å²) in [6.45, 7) is 0. The highest BCUT2D eigenvalue weighted by molar-refractivity contribution is 6.32. The number of carbonyl (C=O) groups excluding carboxylic acids is 1. The van der Waals surface area contributed by atoms with Gasteiger partial charge in [0.25, 0.3) is 5.91 Å². The molecule has 134 valence electrons. The topological polar surface area (TPSA) is 91.6 Å². The lowest BCUT2D eigenvalue weighted by atomic mass is 10.1. The summed E-state index contributed by atoms with van der Waals surface area (Å²) < 4.78 is 10.0. The number of benzene rings is 2. The number of nitrogens with one attached hydrogen (secondary N) is 1. The fourth-order valence-electron chi connectivity index (χ4n) is 2.09. The lowest BCUT2D eigenvalue weighted by molar-refractivity contribution is -0.112. The van der Waals surface area contributed by atoms with Crippen molar-refractivity contribution in [1.82, 2.24) is 0 Å². The maximum atomic E-state index is 12.3. The molecule has 2 N–H and O–H groups in total. The normalized spacial score (nSPS) is 10.8. The van der Waals surface area contributed by atoms with Gasteiger partial charge in [-0.3, -0.25) is 4.79 Å². The van der Waals surface area contributed by atoms with Crippen LogP contribution in [0.4, 0.5) is 5.69 Å². The molecule has 0 saturated carbocycles. The number of halogens is 2. The van der Waals surface area contributed by atoms with Crippen molar-refractivity contribution in [3.8, 4) is 23.3 Å². The Morgan fingerprint density at radius 1 is 1.15 bits per heavy atom. The standard InChI is InChI=1S/C18H14Cl2N2O4/c1-25-15-4-3-12(8-13(15)19)22-18(24)11(9-21)5-10-6-14(20)17(23)16(7-10)26-2/h3-8,23H,1-2H3,(H,22,24)/b11-5+. The number of rotatable bonds is 5. The lowest BCUT2D eigenvalue weighted by Crippen LogP contribution is -2.13. The first kappa shape index (κ1) is 19.4. The van der Waals surface area contributed by atoms with Crippen LogP contribution >= 0.6 is 23.2 Å². The van der Waals surface area contributed by atoms with Crippen LogP contribution in [0.1, 0.15) is 5.56 Å². The van der Waals surface area contributed by atoms with E-state index < -0.39 is 5.91 Å². The molecule has 0 aliphatic rings. The molecule has 2 aromatic rings. The quantitative estimate of drug-likeness (QED) is 0.585. The molecule has 0 heterocycles. The number of anilines is 1. The highest BCUT2D eigenvalue weighted by Crippen LogP contribution is 2.35. The predicted octanol–water partition coefficient (Wildman–Crippen LogP) is 4.26. The molecule has 8 heteroatoms. The molecule has 1 amide bonds. The van der Waals surface area contributed by atoms with Gasteiger partial charge in [0.2, 0.25) is 0 Å². The lowest BCUT2D eigenvalue weighted by Gasteiger charge is -2.08. The number of nitriles is 1. The molecule has 0 bridgehead atoms. The van der Waals surface area contributed by atoms with E-state index in [0.29, 0.717) is 22.0 Å². The smallest absolute Gasteiger partial charge is 0.266 e. The average Bonchev–Trinajstić information content (AvgIpc) is 2.62. The van der Waals surface area contributed by atoms with Crippen molar-refractivity contribution < 1.29 is 19.4 Å². The van der Waals surface area contributed by atoms with E-state index in [0.717, 1.165) is 0 Å². The summed E-state index contributed by atoms with van der Waals surface area (Å²) in [7, 11) is 2.84. The second-order valence-electron chi connectivity index (χ2n) is 5.03. The average molecular weight is 393 g/mol. The van der Waals surface area contributed by atoms with Crippen molar-refractivity contribution in [2.24, 2.45) is 0 Å². The third-order valence-electron chi connectivity index (χ3n) is 3.36. The van der Waals surface area contributed by atoms with Gasteiger partial charge in [0, 0.05) is 5.69 Å². The van der Waals surface area contributed by atoms with E-state index >= 15 is 0 Å². The summed E-state index contributed by atoms with van der Waals surface area (Å²) in [5, 5.41) is 22.0. The van der Waals surface area contributed by atoms with Crippen LogP contribution in [-0.2, 0) is 4.79 Å². The number of phenolic OH excluding ortho intramolecular Hbond substituents is 1. The van der Waals surface area contributed by atoms with E-state index in [1.807, 2.05) is 6.07 Å². The molecule has 0 saturated heterocycles. The van der Waals surface area contributed by atoms with Crippen molar-refractivity contribution in [3.05, 3.63) is 51.5 Å². The van der Waals surface area contributed by atoms with Gasteiger partial charge in [-0.05, 0) is 42.0 Å². The minimum absolute atomic E-state index is 0.0373. The molecule has 0 aliphatic heterocycles. The van der Waals surface area contributed by atoms with Crippen LogP contribution in [-0.4, -0.2) is 25.2 Å². The van der Waals surface area contributed by atoms with Gasteiger partial charge < -0.3 is 19.9 Å². The summed E-state index contributed by atoms with van der Waals surface area (Å²) in [6.07, 6.45) is 1.33. The fraction of sp³-hybridized carbons (Fsp3) is 0.111. The second-order valence-corrected chi connectivity index (χ2v) is 5.84. The Morgan fingerprint density at radius 3 is 2.42 bits per heavy atom. The maximum absolute atomic E-state index is 12.3. The molecule has 0 spiro atoms. The van der Waals surface area contributed by atoms with Crippen LogP contribution in [0, 0.1) is 11.3 Å². The zero-order chi connectivity index (χ0) is 19.3. The van der Waals surface area contributed by atoms with Gasteiger partial charge in [0.15, 0.2) is 11.5 Å². The maximum Gasteiger partial charge on any atom is 0.266 e. The van der Waals surface area contributed by atoms with Gasteiger partial charge in [-0.2, -0.15) is 5.26 Å².